The molecule has 3 aromatic heterocycles. The van der Waals surface area contributed by atoms with Gasteiger partial charge in [-0.2, -0.15) is 9.37 Å². The van der Waals surface area contributed by atoms with Crippen molar-refractivity contribution < 1.29 is 18.1 Å². The van der Waals surface area contributed by atoms with Crippen LogP contribution >= 0.6 is 30.3 Å². The van der Waals surface area contributed by atoms with Crippen molar-refractivity contribution in [3.63, 3.8) is 0 Å². The minimum Gasteiger partial charge on any atom is -0.350 e. The number of nitro groups is 1. The average molecular weight is 596 g/mol. The molecule has 172 valence electrons. The van der Waals surface area contributed by atoms with Crippen LogP contribution in [0.5, 0.6) is 0 Å². The molecule has 5 aromatic rings. The molecule has 0 saturated carbocycles. The van der Waals surface area contributed by atoms with Crippen LogP contribution in [-0.2, 0) is 7.05 Å². The fourth-order valence-electron chi connectivity index (χ4n) is 3.73. The quantitative estimate of drug-likeness (QED) is 0.142. The first kappa shape index (κ1) is 22.5. The highest BCUT2D eigenvalue weighted by molar-refractivity contribution is 14.2. The van der Waals surface area contributed by atoms with Crippen LogP contribution in [0.4, 0.5) is 30.5 Å². The van der Waals surface area contributed by atoms with Gasteiger partial charge < -0.3 is 9.88 Å². The second-order valence-electron chi connectivity index (χ2n) is 7.33. The molecule has 0 fully saturated rings. The van der Waals surface area contributed by atoms with Crippen LogP contribution in [-0.4, -0.2) is 23.4 Å². The van der Waals surface area contributed by atoms with Crippen molar-refractivity contribution in [2.24, 2.45) is 7.05 Å². The number of benzene rings is 2. The molecule has 0 amide bonds. The summed E-state index contributed by atoms with van der Waals surface area (Å²) in [6, 6.07) is 7.40. The van der Waals surface area contributed by atoms with E-state index in [9.17, 15) is 23.3 Å². The fourth-order valence-corrected chi connectivity index (χ4v) is 5.00. The monoisotopic (exact) mass is 596 g/mol. The number of rotatable bonds is 5. The molecule has 2 aromatic carbocycles. The van der Waals surface area contributed by atoms with Crippen molar-refractivity contribution in [1.29, 1.82) is 0 Å². The first-order chi connectivity index (χ1) is 16.3. The van der Waals surface area contributed by atoms with Crippen LogP contribution < -0.4 is 5.32 Å². The number of fused-ring (bicyclic) bond motifs is 2. The van der Waals surface area contributed by atoms with E-state index in [2.05, 4.69) is 36.5 Å². The molecule has 0 radical (unpaired) electrons. The summed E-state index contributed by atoms with van der Waals surface area (Å²) in [6.45, 7) is 0. The third-order valence-corrected chi connectivity index (χ3v) is 6.99. The Kier molecular flexibility index (Phi) is 5.59. The maximum absolute atomic E-state index is 14.1. The smallest absolute Gasteiger partial charge is 0.306 e. The first-order valence-corrected chi connectivity index (χ1v) is 12.9. The summed E-state index contributed by atoms with van der Waals surface area (Å²) < 4.78 is 45.2. The molecule has 3 heterocycles. The van der Waals surface area contributed by atoms with E-state index < -0.39 is 28.1 Å². The number of nitro benzene ring substituents is 1. The molecule has 5 rings (SSSR count). The second kappa shape index (κ2) is 8.47. The van der Waals surface area contributed by atoms with Crippen LogP contribution in [0.3, 0.4) is 0 Å². The lowest BCUT2D eigenvalue weighted by atomic mass is 10.1. The molecular formula is C21H12F3IN6O2S. The van der Waals surface area contributed by atoms with Crippen molar-refractivity contribution in [1.82, 2.24) is 18.5 Å². The van der Waals surface area contributed by atoms with E-state index >= 15 is 0 Å². The van der Waals surface area contributed by atoms with Gasteiger partial charge in [0.05, 0.1) is 16.1 Å². The third-order valence-electron chi connectivity index (χ3n) is 5.27. The third kappa shape index (κ3) is 3.73. The van der Waals surface area contributed by atoms with Crippen molar-refractivity contribution in [2.45, 2.75) is 0 Å². The van der Waals surface area contributed by atoms with Crippen molar-refractivity contribution in [3.05, 3.63) is 76.4 Å². The fraction of sp³-hybridized carbons (Fsp3) is 0.0476. The summed E-state index contributed by atoms with van der Waals surface area (Å²) in [6.07, 6.45) is 3.50. The van der Waals surface area contributed by atoms with Crippen LogP contribution in [0, 0.1) is 27.6 Å². The number of aromatic nitrogens is 4. The van der Waals surface area contributed by atoms with Gasteiger partial charge in [0.2, 0.25) is 11.8 Å². The highest BCUT2D eigenvalue weighted by atomic mass is 127. The van der Waals surface area contributed by atoms with Crippen molar-refractivity contribution in [3.8, 4) is 11.3 Å². The van der Waals surface area contributed by atoms with Gasteiger partial charge in [0.15, 0.2) is 17.3 Å². The summed E-state index contributed by atoms with van der Waals surface area (Å²) in [5.41, 5.74) is 1.53. The number of halogens is 4. The maximum Gasteiger partial charge on any atom is 0.306 e. The summed E-state index contributed by atoms with van der Waals surface area (Å²) in [5, 5.41) is 15.1. The lowest BCUT2D eigenvalue weighted by Crippen LogP contribution is -2.01. The van der Waals surface area contributed by atoms with Gasteiger partial charge in [-0.05, 0) is 24.3 Å². The van der Waals surface area contributed by atoms with Gasteiger partial charge in [0.25, 0.3) is 0 Å². The van der Waals surface area contributed by atoms with Crippen LogP contribution in [0.1, 0.15) is 0 Å². The van der Waals surface area contributed by atoms with E-state index in [-0.39, 0.29) is 11.6 Å². The lowest BCUT2D eigenvalue weighted by Gasteiger charge is -2.09. The standard InChI is InChI=1S/C21H12F3IN6O2S/c1-29-9-13(12-7-15(23)16(24)8-17(12)29)19-11-4-5-30(34-25)20(11)28-21(27-19)26-10-2-3-14(22)18(6-10)31(32)33/h2-9H,1H3,(H,26,27,28). The molecule has 1 N–H and O–H groups in total. The topological polar surface area (TPSA) is 90.8 Å². The van der Waals surface area contributed by atoms with Gasteiger partial charge in [0.1, 0.15) is 0 Å². The number of nitrogens with zero attached hydrogens (tertiary/aromatic N) is 5. The van der Waals surface area contributed by atoms with Gasteiger partial charge in [-0.25, -0.2) is 13.8 Å². The Morgan fingerprint density at radius 1 is 1.06 bits per heavy atom. The molecule has 0 bridgehead atoms. The Morgan fingerprint density at radius 2 is 1.82 bits per heavy atom. The molecule has 0 aliphatic heterocycles. The predicted molar refractivity (Wildman–Crippen MR) is 133 cm³/mol. The molecule has 0 atom stereocenters. The molecular weight excluding hydrogens is 584 g/mol. The highest BCUT2D eigenvalue weighted by Crippen LogP contribution is 2.37. The zero-order valence-electron chi connectivity index (χ0n) is 17.1. The molecule has 0 spiro atoms. The zero-order valence-corrected chi connectivity index (χ0v) is 20.1. The number of hydrogen-bond donors (Lipinski definition) is 1. The predicted octanol–water partition coefficient (Wildman–Crippen LogP) is 6.51. The molecule has 0 aliphatic rings. The molecule has 0 saturated heterocycles. The number of anilines is 2. The van der Waals surface area contributed by atoms with Gasteiger partial charge in [-0.1, -0.05) is 0 Å². The Bertz CT molecular complexity index is 1620. The molecule has 8 nitrogen and oxygen atoms in total. The first-order valence-electron chi connectivity index (χ1n) is 9.60. The summed E-state index contributed by atoms with van der Waals surface area (Å²) in [5.74, 6) is -2.82. The summed E-state index contributed by atoms with van der Waals surface area (Å²) in [4.78, 5) is 19.4. The van der Waals surface area contributed by atoms with E-state index in [1.807, 2.05) is 6.07 Å². The SMILES string of the molecule is Cn1cc(-c2nc(Nc3ccc(F)c([N+](=O)[O-])c3)nc3c2ccn3SI)c2cc(F)c(F)cc21. The van der Waals surface area contributed by atoms with Crippen molar-refractivity contribution >= 4 is 69.6 Å². The van der Waals surface area contributed by atoms with E-state index in [4.69, 9.17) is 0 Å². The molecule has 0 unspecified atom stereocenters. The van der Waals surface area contributed by atoms with E-state index in [1.165, 1.54) is 15.2 Å². The summed E-state index contributed by atoms with van der Waals surface area (Å²) >= 11 is 2.09. The van der Waals surface area contributed by atoms with Crippen LogP contribution in [0.2, 0.25) is 0 Å². The Morgan fingerprint density at radius 3 is 2.56 bits per heavy atom. The Balaban J connectivity index is 1.72. The minimum atomic E-state index is -0.984. The van der Waals surface area contributed by atoms with Gasteiger partial charge >= 0.3 is 5.69 Å². The number of nitrogens with one attached hydrogen (secondary N) is 1. The average Bonchev–Trinajstić information content (AvgIpc) is 3.35. The van der Waals surface area contributed by atoms with Crippen LogP contribution in [0.25, 0.3) is 33.2 Å². The van der Waals surface area contributed by atoms with E-state index in [1.54, 1.807) is 28.0 Å². The number of hydrogen-bond acceptors (Lipinski definition) is 6. The van der Waals surface area contributed by atoms with E-state index in [0.29, 0.717) is 33.2 Å². The second-order valence-corrected chi connectivity index (χ2v) is 9.04. The van der Waals surface area contributed by atoms with Crippen LogP contribution in [0.15, 0.2) is 48.8 Å². The minimum absolute atomic E-state index is 0.0911. The lowest BCUT2D eigenvalue weighted by molar-refractivity contribution is -0.387. The van der Waals surface area contributed by atoms with Gasteiger partial charge in [0, 0.05) is 83.9 Å². The Labute approximate surface area is 205 Å². The van der Waals surface area contributed by atoms with Gasteiger partial charge in [-0.3, -0.25) is 14.1 Å². The molecule has 0 aliphatic carbocycles. The van der Waals surface area contributed by atoms with Crippen molar-refractivity contribution in [2.75, 3.05) is 5.32 Å². The normalized spacial score (nSPS) is 11.4. The maximum atomic E-state index is 14.1. The highest BCUT2D eigenvalue weighted by Gasteiger charge is 2.20. The van der Waals surface area contributed by atoms with E-state index in [0.717, 1.165) is 24.3 Å². The Hall–Kier alpha value is -3.33. The summed E-state index contributed by atoms with van der Waals surface area (Å²) in [7, 11) is 3.07. The molecule has 13 heteroatoms. The molecule has 34 heavy (non-hydrogen) atoms. The van der Waals surface area contributed by atoms with Gasteiger partial charge in [-0.15, -0.1) is 0 Å². The zero-order chi connectivity index (χ0) is 24.1. The largest absolute Gasteiger partial charge is 0.350 e. The number of aryl methyl sites for hydroxylation is 1.